The predicted octanol–water partition coefficient (Wildman–Crippen LogP) is 3.69. The van der Waals surface area contributed by atoms with Gasteiger partial charge >= 0.3 is 11.7 Å². The molecule has 1 aromatic heterocycles. The van der Waals surface area contributed by atoms with E-state index in [0.717, 1.165) is 38.5 Å². The minimum absolute atomic E-state index is 0.0158. The number of carbonyl (C=O) groups is 1. The van der Waals surface area contributed by atoms with Crippen molar-refractivity contribution in [1.82, 2.24) is 9.55 Å². The van der Waals surface area contributed by atoms with Gasteiger partial charge in [0.25, 0.3) is 0 Å². The first kappa shape index (κ1) is 18.9. The molecule has 3 atom stereocenters. The second kappa shape index (κ2) is 9.16. The van der Waals surface area contributed by atoms with E-state index < -0.39 is 0 Å². The Balaban J connectivity index is 1.56. The number of H-pyrrole nitrogens is 1. The van der Waals surface area contributed by atoms with E-state index in [1.54, 1.807) is 16.8 Å². The second-order valence-corrected chi connectivity index (χ2v) is 7.49. The monoisotopic (exact) mass is 352 g/mol. The highest BCUT2D eigenvalue weighted by Crippen LogP contribution is 2.36. The van der Waals surface area contributed by atoms with Gasteiger partial charge in [-0.3, -0.25) is 9.78 Å². The first-order chi connectivity index (χ1) is 11.5. The average molecular weight is 352 g/mol. The summed E-state index contributed by atoms with van der Waals surface area (Å²) in [6, 6.07) is 1.72. The number of hydrogen-bond donors (Lipinski definition) is 1. The summed E-state index contributed by atoms with van der Waals surface area (Å²) in [5.74, 6) is 1.16. The van der Waals surface area contributed by atoms with Gasteiger partial charge in [0.15, 0.2) is 0 Å². The lowest BCUT2D eigenvalue weighted by molar-refractivity contribution is -0.149. The predicted molar refractivity (Wildman–Crippen MR) is 96.4 cm³/mol. The van der Waals surface area contributed by atoms with Crippen LogP contribution in [0.2, 0.25) is 0 Å². The molecule has 0 amide bonds. The summed E-state index contributed by atoms with van der Waals surface area (Å²) in [7, 11) is 0. The quantitative estimate of drug-likeness (QED) is 0.440. The number of rotatable bonds is 8. The Morgan fingerprint density at radius 2 is 2.04 bits per heavy atom. The molecule has 1 aromatic rings. The molecule has 6 heteroatoms. The van der Waals surface area contributed by atoms with Gasteiger partial charge in [-0.15, -0.1) is 0 Å². The van der Waals surface area contributed by atoms with E-state index in [1.807, 2.05) is 0 Å². The SMILES string of the molecule is CC1CC(C)C(C(=O)OCCCCCCn2ccc(=S)[nH]c2=O)C1. The number of aromatic nitrogens is 2. The van der Waals surface area contributed by atoms with Gasteiger partial charge in [-0.2, -0.15) is 0 Å². The molecule has 134 valence electrons. The van der Waals surface area contributed by atoms with Crippen molar-refractivity contribution < 1.29 is 9.53 Å². The van der Waals surface area contributed by atoms with Crippen molar-refractivity contribution in [2.24, 2.45) is 17.8 Å². The van der Waals surface area contributed by atoms with Crippen molar-refractivity contribution >= 4 is 18.2 Å². The van der Waals surface area contributed by atoms with Crippen LogP contribution in [0.15, 0.2) is 17.1 Å². The van der Waals surface area contributed by atoms with Gasteiger partial charge in [0.05, 0.1) is 12.5 Å². The molecule has 1 fully saturated rings. The third-order valence-corrected chi connectivity index (χ3v) is 5.09. The van der Waals surface area contributed by atoms with Gasteiger partial charge < -0.3 is 9.30 Å². The molecule has 0 aromatic carbocycles. The lowest BCUT2D eigenvalue weighted by atomic mass is 9.99. The van der Waals surface area contributed by atoms with Crippen molar-refractivity contribution in [3.8, 4) is 0 Å². The van der Waals surface area contributed by atoms with Crippen LogP contribution in [0.4, 0.5) is 0 Å². The van der Waals surface area contributed by atoms with Crippen LogP contribution in [0.1, 0.15) is 52.4 Å². The summed E-state index contributed by atoms with van der Waals surface area (Å²) in [5.41, 5.74) is -0.156. The van der Waals surface area contributed by atoms with Crippen LogP contribution in [0, 0.1) is 22.4 Å². The zero-order valence-corrected chi connectivity index (χ0v) is 15.4. The highest BCUT2D eigenvalue weighted by molar-refractivity contribution is 7.71. The van der Waals surface area contributed by atoms with Gasteiger partial charge in [-0.05, 0) is 50.0 Å². The van der Waals surface area contributed by atoms with Crippen molar-refractivity contribution in [3.05, 3.63) is 27.4 Å². The van der Waals surface area contributed by atoms with Crippen molar-refractivity contribution in [2.45, 2.75) is 58.9 Å². The molecule has 0 radical (unpaired) electrons. The molecular formula is C18H28N2O3S. The summed E-state index contributed by atoms with van der Waals surface area (Å²) >= 11 is 4.91. The van der Waals surface area contributed by atoms with E-state index >= 15 is 0 Å². The van der Waals surface area contributed by atoms with E-state index in [2.05, 4.69) is 18.8 Å². The molecule has 1 aliphatic rings. The molecule has 1 N–H and O–H groups in total. The van der Waals surface area contributed by atoms with E-state index in [-0.39, 0.29) is 17.6 Å². The number of hydrogen-bond acceptors (Lipinski definition) is 4. The Bertz CT molecular complexity index is 652. The summed E-state index contributed by atoms with van der Waals surface area (Å²) in [6.07, 6.45) is 7.65. The van der Waals surface area contributed by atoms with Gasteiger partial charge in [-0.25, -0.2) is 4.79 Å². The summed E-state index contributed by atoms with van der Waals surface area (Å²) in [5, 5.41) is 0. The highest BCUT2D eigenvalue weighted by atomic mass is 32.1. The van der Waals surface area contributed by atoms with Crippen LogP contribution in [0.5, 0.6) is 0 Å². The van der Waals surface area contributed by atoms with Crippen LogP contribution >= 0.6 is 12.2 Å². The molecular weight excluding hydrogens is 324 g/mol. The highest BCUT2D eigenvalue weighted by Gasteiger charge is 2.34. The van der Waals surface area contributed by atoms with Crippen LogP contribution in [-0.4, -0.2) is 22.1 Å². The fourth-order valence-electron chi connectivity index (χ4n) is 3.53. The molecule has 0 bridgehead atoms. The van der Waals surface area contributed by atoms with Crippen molar-refractivity contribution in [3.63, 3.8) is 0 Å². The van der Waals surface area contributed by atoms with E-state index in [0.29, 0.717) is 29.6 Å². The maximum atomic E-state index is 12.1. The Kier molecular flexibility index (Phi) is 7.21. The number of nitrogens with zero attached hydrogens (tertiary/aromatic N) is 1. The molecule has 5 nitrogen and oxygen atoms in total. The van der Waals surface area contributed by atoms with E-state index in [1.165, 1.54) is 0 Å². The molecule has 1 heterocycles. The minimum atomic E-state index is -0.156. The molecule has 1 aliphatic carbocycles. The number of carbonyl (C=O) groups excluding carboxylic acids is 1. The second-order valence-electron chi connectivity index (χ2n) is 7.05. The molecule has 0 aliphatic heterocycles. The first-order valence-electron chi connectivity index (χ1n) is 8.93. The smallest absolute Gasteiger partial charge is 0.326 e. The molecule has 0 spiro atoms. The third-order valence-electron chi connectivity index (χ3n) is 4.85. The first-order valence-corrected chi connectivity index (χ1v) is 9.34. The van der Waals surface area contributed by atoms with E-state index in [9.17, 15) is 9.59 Å². The number of nitrogens with one attached hydrogen (secondary N) is 1. The van der Waals surface area contributed by atoms with Crippen molar-refractivity contribution in [2.75, 3.05) is 6.61 Å². The summed E-state index contributed by atoms with van der Waals surface area (Å²) < 4.78 is 7.53. The van der Waals surface area contributed by atoms with Crippen LogP contribution in [0.3, 0.4) is 0 Å². The Labute approximate surface area is 148 Å². The number of ether oxygens (including phenoxy) is 1. The fraction of sp³-hybridized carbons (Fsp3) is 0.722. The minimum Gasteiger partial charge on any atom is -0.465 e. The number of unbranched alkanes of at least 4 members (excludes halogenated alkanes) is 3. The average Bonchev–Trinajstić information content (AvgIpc) is 2.86. The number of aromatic amines is 1. The Hall–Kier alpha value is -1.43. The molecule has 3 unspecified atom stereocenters. The molecule has 1 saturated carbocycles. The zero-order chi connectivity index (χ0) is 17.5. The van der Waals surface area contributed by atoms with Crippen LogP contribution in [0.25, 0.3) is 0 Å². The van der Waals surface area contributed by atoms with Crippen molar-refractivity contribution in [1.29, 1.82) is 0 Å². The normalized spacial score (nSPS) is 23.3. The van der Waals surface area contributed by atoms with Gasteiger partial charge in [0.2, 0.25) is 0 Å². The number of aryl methyl sites for hydroxylation is 1. The van der Waals surface area contributed by atoms with Gasteiger partial charge in [0.1, 0.15) is 4.64 Å². The zero-order valence-electron chi connectivity index (χ0n) is 14.6. The Morgan fingerprint density at radius 1 is 1.29 bits per heavy atom. The lowest BCUT2D eigenvalue weighted by Crippen LogP contribution is -2.22. The van der Waals surface area contributed by atoms with Gasteiger partial charge in [-0.1, -0.05) is 32.5 Å². The maximum Gasteiger partial charge on any atom is 0.326 e. The topological polar surface area (TPSA) is 64.1 Å². The van der Waals surface area contributed by atoms with Crippen LogP contribution in [-0.2, 0) is 16.1 Å². The fourth-order valence-corrected chi connectivity index (χ4v) is 3.68. The lowest BCUT2D eigenvalue weighted by Gasteiger charge is -2.14. The molecule has 2 rings (SSSR count). The third kappa shape index (κ3) is 5.58. The van der Waals surface area contributed by atoms with Crippen LogP contribution < -0.4 is 5.69 Å². The maximum absolute atomic E-state index is 12.1. The summed E-state index contributed by atoms with van der Waals surface area (Å²) in [6.45, 7) is 5.54. The standard InChI is InChI=1S/C18H28N2O3S/c1-13-11-14(2)15(12-13)17(21)23-10-6-4-3-5-8-20-9-7-16(24)19-18(20)22/h7,9,13-15H,3-6,8,10-12H2,1-2H3,(H,19,22,24). The largest absolute Gasteiger partial charge is 0.465 e. The Morgan fingerprint density at radius 3 is 2.71 bits per heavy atom. The number of esters is 1. The molecule has 24 heavy (non-hydrogen) atoms. The molecule has 0 saturated heterocycles. The van der Waals surface area contributed by atoms with Gasteiger partial charge in [0, 0.05) is 12.7 Å². The summed E-state index contributed by atoms with van der Waals surface area (Å²) in [4.78, 5) is 26.3. The van der Waals surface area contributed by atoms with E-state index in [4.69, 9.17) is 17.0 Å².